The van der Waals surface area contributed by atoms with Gasteiger partial charge in [0.25, 0.3) is 0 Å². The molecule has 1 aromatic carbocycles. The molecule has 0 saturated heterocycles. The lowest BCUT2D eigenvalue weighted by Crippen LogP contribution is -2.13. The quantitative estimate of drug-likeness (QED) is 0.479. The van der Waals surface area contributed by atoms with E-state index in [-0.39, 0.29) is 11.8 Å². The predicted octanol–water partition coefficient (Wildman–Crippen LogP) is 2.69. The fraction of sp³-hybridized carbons (Fsp3) is 0.333. The molecule has 0 aliphatic rings. The van der Waals surface area contributed by atoms with E-state index in [4.69, 9.17) is 4.74 Å². The number of amides is 2. The zero-order chi connectivity index (χ0) is 19.6. The van der Waals surface area contributed by atoms with Crippen LogP contribution >= 0.6 is 11.8 Å². The van der Waals surface area contributed by atoms with Gasteiger partial charge in [-0.15, -0.1) is 16.8 Å². The van der Waals surface area contributed by atoms with Crippen molar-refractivity contribution >= 4 is 35.0 Å². The van der Waals surface area contributed by atoms with E-state index in [0.29, 0.717) is 36.7 Å². The Morgan fingerprint density at radius 1 is 1.30 bits per heavy atom. The van der Waals surface area contributed by atoms with Crippen LogP contribution in [0, 0.1) is 0 Å². The summed E-state index contributed by atoms with van der Waals surface area (Å²) in [5, 5.41) is 14.5. The summed E-state index contributed by atoms with van der Waals surface area (Å²) in [5.41, 5.74) is 1.27. The molecule has 2 aromatic rings. The zero-order valence-electron chi connectivity index (χ0n) is 15.4. The highest BCUT2D eigenvalue weighted by Crippen LogP contribution is 2.20. The van der Waals surface area contributed by atoms with Crippen molar-refractivity contribution in [3.63, 3.8) is 0 Å². The van der Waals surface area contributed by atoms with Crippen LogP contribution in [0.2, 0.25) is 0 Å². The molecule has 2 amide bonds. The van der Waals surface area contributed by atoms with Gasteiger partial charge in [-0.2, -0.15) is 0 Å². The van der Waals surface area contributed by atoms with Crippen LogP contribution in [-0.2, 0) is 27.5 Å². The molecular formula is C18H23N5O3S. The van der Waals surface area contributed by atoms with Gasteiger partial charge in [0.05, 0.1) is 0 Å². The van der Waals surface area contributed by atoms with Gasteiger partial charge in [-0.3, -0.25) is 9.59 Å². The molecular weight excluding hydrogens is 366 g/mol. The van der Waals surface area contributed by atoms with Gasteiger partial charge in [-0.05, 0) is 18.2 Å². The number of aromatic nitrogens is 3. The van der Waals surface area contributed by atoms with Gasteiger partial charge in [0, 0.05) is 44.1 Å². The molecule has 0 aliphatic carbocycles. The highest BCUT2D eigenvalue weighted by Gasteiger charge is 2.12. The molecule has 27 heavy (non-hydrogen) atoms. The average molecular weight is 389 g/mol. The van der Waals surface area contributed by atoms with Crippen molar-refractivity contribution in [3.8, 4) is 0 Å². The third kappa shape index (κ3) is 6.54. The first-order valence-corrected chi connectivity index (χ1v) is 9.34. The lowest BCUT2D eigenvalue weighted by atomic mass is 10.2. The van der Waals surface area contributed by atoms with Gasteiger partial charge in [0.2, 0.25) is 11.8 Å². The Kier molecular flexibility index (Phi) is 8.02. The molecule has 0 radical (unpaired) electrons. The minimum atomic E-state index is -0.161. The Bertz CT molecular complexity index is 806. The Morgan fingerprint density at radius 3 is 2.70 bits per heavy atom. The smallest absolute Gasteiger partial charge is 0.225 e. The summed E-state index contributed by atoms with van der Waals surface area (Å²) in [5.74, 6) is 0.999. The maximum absolute atomic E-state index is 12.2. The topological polar surface area (TPSA) is 98.1 Å². The molecule has 2 N–H and O–H groups in total. The molecule has 0 spiro atoms. The number of allylic oxidation sites excluding steroid dienone is 1. The summed E-state index contributed by atoms with van der Waals surface area (Å²) in [6.07, 6.45) is 2.08. The zero-order valence-corrected chi connectivity index (χ0v) is 16.2. The van der Waals surface area contributed by atoms with Gasteiger partial charge in [0.1, 0.15) is 6.61 Å². The third-order valence-electron chi connectivity index (χ3n) is 3.41. The van der Waals surface area contributed by atoms with Crippen molar-refractivity contribution in [2.75, 3.05) is 23.5 Å². The molecule has 0 saturated carbocycles. The number of nitrogens with zero attached hydrogens (tertiary/aromatic N) is 3. The van der Waals surface area contributed by atoms with E-state index in [2.05, 4.69) is 27.4 Å². The first-order chi connectivity index (χ1) is 13.0. The van der Waals surface area contributed by atoms with Gasteiger partial charge in [-0.25, -0.2) is 0 Å². The molecule has 0 bridgehead atoms. The van der Waals surface area contributed by atoms with E-state index in [9.17, 15) is 9.59 Å². The second kappa shape index (κ2) is 10.5. The summed E-state index contributed by atoms with van der Waals surface area (Å²) < 4.78 is 7.03. The number of carbonyl (C=O) groups is 2. The van der Waals surface area contributed by atoms with E-state index in [1.54, 1.807) is 37.5 Å². The Balaban J connectivity index is 1.88. The van der Waals surface area contributed by atoms with Gasteiger partial charge < -0.3 is 19.9 Å². The SMILES string of the molecule is C=CCn1c(COC)nnc1SCCC(=O)Nc1cccc(NC(C)=O)c1. The van der Waals surface area contributed by atoms with E-state index in [1.165, 1.54) is 18.7 Å². The van der Waals surface area contributed by atoms with E-state index in [0.717, 1.165) is 11.0 Å². The van der Waals surface area contributed by atoms with Crippen molar-refractivity contribution in [1.82, 2.24) is 14.8 Å². The molecule has 0 aliphatic heterocycles. The maximum Gasteiger partial charge on any atom is 0.225 e. The molecule has 2 rings (SSSR count). The molecule has 0 unspecified atom stereocenters. The lowest BCUT2D eigenvalue weighted by molar-refractivity contribution is -0.116. The molecule has 0 atom stereocenters. The van der Waals surface area contributed by atoms with Crippen LogP contribution in [0.3, 0.4) is 0 Å². The highest BCUT2D eigenvalue weighted by molar-refractivity contribution is 7.99. The molecule has 0 fully saturated rings. The van der Waals surface area contributed by atoms with Gasteiger partial charge >= 0.3 is 0 Å². The van der Waals surface area contributed by atoms with Crippen molar-refractivity contribution in [2.24, 2.45) is 0 Å². The lowest BCUT2D eigenvalue weighted by Gasteiger charge is -2.08. The van der Waals surface area contributed by atoms with Gasteiger partial charge in [-0.1, -0.05) is 23.9 Å². The van der Waals surface area contributed by atoms with Crippen LogP contribution in [0.1, 0.15) is 19.2 Å². The van der Waals surface area contributed by atoms with Crippen LogP contribution in [0.5, 0.6) is 0 Å². The molecule has 8 nitrogen and oxygen atoms in total. The number of anilines is 2. The first-order valence-electron chi connectivity index (χ1n) is 8.35. The van der Waals surface area contributed by atoms with Crippen LogP contribution in [0.4, 0.5) is 11.4 Å². The standard InChI is InChI=1S/C18H23N5O3S/c1-4-9-23-16(12-26-3)21-22-18(23)27-10-8-17(25)20-15-7-5-6-14(11-15)19-13(2)24/h4-7,11H,1,8-10,12H2,2-3H3,(H,19,24)(H,20,25). The fourth-order valence-electron chi connectivity index (χ4n) is 2.31. The van der Waals surface area contributed by atoms with Crippen molar-refractivity contribution in [1.29, 1.82) is 0 Å². The fourth-order valence-corrected chi connectivity index (χ4v) is 3.21. The number of ether oxygens (including phenoxy) is 1. The largest absolute Gasteiger partial charge is 0.377 e. The summed E-state index contributed by atoms with van der Waals surface area (Å²) in [6, 6.07) is 7.01. The summed E-state index contributed by atoms with van der Waals surface area (Å²) >= 11 is 1.45. The van der Waals surface area contributed by atoms with Crippen LogP contribution in [0.25, 0.3) is 0 Å². The number of nitrogens with one attached hydrogen (secondary N) is 2. The number of carbonyl (C=O) groups excluding carboxylic acids is 2. The highest BCUT2D eigenvalue weighted by atomic mass is 32.2. The number of hydrogen-bond donors (Lipinski definition) is 2. The van der Waals surface area contributed by atoms with Crippen molar-refractivity contribution in [2.45, 2.75) is 31.7 Å². The maximum atomic E-state index is 12.2. The molecule has 1 heterocycles. The Morgan fingerprint density at radius 2 is 2.04 bits per heavy atom. The minimum Gasteiger partial charge on any atom is -0.377 e. The van der Waals surface area contributed by atoms with E-state index >= 15 is 0 Å². The van der Waals surface area contributed by atoms with Crippen LogP contribution in [-0.4, -0.2) is 39.4 Å². The Hall–Kier alpha value is -2.65. The number of rotatable bonds is 10. The molecule has 1 aromatic heterocycles. The number of methoxy groups -OCH3 is 1. The van der Waals surface area contributed by atoms with Crippen LogP contribution < -0.4 is 10.6 Å². The second-order valence-electron chi connectivity index (χ2n) is 5.64. The van der Waals surface area contributed by atoms with E-state index < -0.39 is 0 Å². The first kappa shape index (κ1) is 20.7. The summed E-state index contributed by atoms with van der Waals surface area (Å²) in [6.45, 7) is 6.12. The monoisotopic (exact) mass is 389 g/mol. The van der Waals surface area contributed by atoms with Crippen molar-refractivity contribution < 1.29 is 14.3 Å². The predicted molar refractivity (Wildman–Crippen MR) is 106 cm³/mol. The Labute approximate surface area is 162 Å². The third-order valence-corrected chi connectivity index (χ3v) is 4.37. The number of thioether (sulfide) groups is 1. The summed E-state index contributed by atoms with van der Waals surface area (Å²) in [4.78, 5) is 23.3. The average Bonchev–Trinajstić information content (AvgIpc) is 2.97. The normalized spacial score (nSPS) is 10.4. The molecule has 9 heteroatoms. The number of benzene rings is 1. The van der Waals surface area contributed by atoms with Crippen LogP contribution in [0.15, 0.2) is 42.1 Å². The van der Waals surface area contributed by atoms with Crippen molar-refractivity contribution in [3.05, 3.63) is 42.7 Å². The number of hydrogen-bond acceptors (Lipinski definition) is 6. The molecule has 144 valence electrons. The second-order valence-corrected chi connectivity index (χ2v) is 6.70. The van der Waals surface area contributed by atoms with Gasteiger partial charge in [0.15, 0.2) is 11.0 Å². The minimum absolute atomic E-state index is 0.116. The summed E-state index contributed by atoms with van der Waals surface area (Å²) in [7, 11) is 1.60. The van der Waals surface area contributed by atoms with E-state index in [1.807, 2.05) is 4.57 Å².